The Hall–Kier alpha value is -0.570. The highest BCUT2D eigenvalue weighted by Gasteiger charge is 2.48. The molecule has 0 spiro atoms. The summed E-state index contributed by atoms with van der Waals surface area (Å²) in [4.78, 5) is 14.2. The van der Waals surface area contributed by atoms with Gasteiger partial charge in [0.05, 0.1) is 12.2 Å². The van der Waals surface area contributed by atoms with Crippen LogP contribution < -0.4 is 5.32 Å². The van der Waals surface area contributed by atoms with E-state index in [1.54, 1.807) is 0 Å². The van der Waals surface area contributed by atoms with Gasteiger partial charge in [0.15, 0.2) is 0 Å². The van der Waals surface area contributed by atoms with E-state index in [1.165, 1.54) is 6.42 Å². The Morgan fingerprint density at radius 2 is 2.12 bits per heavy atom. The zero-order chi connectivity index (χ0) is 11.9. The summed E-state index contributed by atoms with van der Waals surface area (Å²) in [5, 5.41) is 3.39. The van der Waals surface area contributed by atoms with Gasteiger partial charge in [-0.15, -0.1) is 0 Å². The van der Waals surface area contributed by atoms with Gasteiger partial charge in [-0.05, 0) is 31.1 Å². The average molecular weight is 224 g/mol. The molecule has 2 rings (SSSR count). The van der Waals surface area contributed by atoms with Crippen LogP contribution in [0.25, 0.3) is 0 Å². The van der Waals surface area contributed by atoms with Crippen LogP contribution in [0.5, 0.6) is 0 Å². The van der Waals surface area contributed by atoms with Gasteiger partial charge >= 0.3 is 0 Å². The number of amides is 1. The second kappa shape index (κ2) is 4.02. The van der Waals surface area contributed by atoms with Crippen molar-refractivity contribution in [2.24, 2.45) is 11.3 Å². The van der Waals surface area contributed by atoms with E-state index in [2.05, 4.69) is 33.0 Å². The molecule has 1 amide bonds. The Morgan fingerprint density at radius 1 is 1.50 bits per heavy atom. The third kappa shape index (κ3) is 2.10. The van der Waals surface area contributed by atoms with Gasteiger partial charge in [-0.1, -0.05) is 27.2 Å². The largest absolute Gasteiger partial charge is 0.326 e. The van der Waals surface area contributed by atoms with E-state index < -0.39 is 0 Å². The average Bonchev–Trinajstić information content (AvgIpc) is 2.71. The van der Waals surface area contributed by atoms with Gasteiger partial charge in [-0.25, -0.2) is 0 Å². The Morgan fingerprint density at radius 3 is 2.62 bits per heavy atom. The predicted octanol–water partition coefficient (Wildman–Crippen LogP) is 1.98. The molecule has 0 aromatic heterocycles. The number of rotatable bonds is 4. The Balaban J connectivity index is 1.92. The Bertz CT molecular complexity index is 288. The molecular formula is C13H24N2O. The molecule has 3 unspecified atom stereocenters. The summed E-state index contributed by atoms with van der Waals surface area (Å²) in [7, 11) is 0. The van der Waals surface area contributed by atoms with Crippen molar-refractivity contribution >= 4 is 5.91 Å². The summed E-state index contributed by atoms with van der Waals surface area (Å²) >= 11 is 0. The van der Waals surface area contributed by atoms with E-state index in [4.69, 9.17) is 0 Å². The molecule has 1 heterocycles. The molecule has 3 atom stereocenters. The third-order valence-corrected chi connectivity index (χ3v) is 4.20. The Kier molecular flexibility index (Phi) is 2.99. The molecule has 1 saturated carbocycles. The fourth-order valence-corrected chi connectivity index (χ4v) is 2.71. The van der Waals surface area contributed by atoms with Crippen molar-refractivity contribution in [2.75, 3.05) is 6.54 Å². The van der Waals surface area contributed by atoms with Crippen molar-refractivity contribution in [3.63, 3.8) is 0 Å². The highest BCUT2D eigenvalue weighted by atomic mass is 16.2. The molecule has 0 bridgehead atoms. The van der Waals surface area contributed by atoms with E-state index in [-0.39, 0.29) is 12.2 Å². The molecule has 0 aromatic carbocycles. The monoisotopic (exact) mass is 224 g/mol. The normalized spacial score (nSPS) is 36.9. The molecule has 16 heavy (non-hydrogen) atoms. The third-order valence-electron chi connectivity index (χ3n) is 4.20. The standard InChI is InChI=1S/C13H24N2O/c1-5-6-11-12(16)15(9(2)14-11)8-10-7-13(10,3)4/h9-11,14H,5-8H2,1-4H3. The van der Waals surface area contributed by atoms with Crippen LogP contribution in [-0.4, -0.2) is 29.6 Å². The van der Waals surface area contributed by atoms with Crippen molar-refractivity contribution in [2.45, 2.75) is 59.2 Å². The van der Waals surface area contributed by atoms with Crippen LogP contribution in [0.15, 0.2) is 0 Å². The lowest BCUT2D eigenvalue weighted by Gasteiger charge is -2.21. The fraction of sp³-hybridized carbons (Fsp3) is 0.923. The first-order valence-electron chi connectivity index (χ1n) is 6.52. The number of carbonyl (C=O) groups excluding carboxylic acids is 1. The molecule has 2 fully saturated rings. The second-order valence-electron chi connectivity index (χ2n) is 6.06. The minimum absolute atomic E-state index is 0.0712. The van der Waals surface area contributed by atoms with Crippen LogP contribution in [0.4, 0.5) is 0 Å². The smallest absolute Gasteiger partial charge is 0.241 e. The Labute approximate surface area is 98.6 Å². The number of carbonyl (C=O) groups is 1. The zero-order valence-corrected chi connectivity index (χ0v) is 10.9. The highest BCUT2D eigenvalue weighted by molar-refractivity contribution is 5.84. The van der Waals surface area contributed by atoms with Crippen molar-refractivity contribution in [3.05, 3.63) is 0 Å². The number of nitrogens with zero attached hydrogens (tertiary/aromatic N) is 1. The summed E-state index contributed by atoms with van der Waals surface area (Å²) in [6.45, 7) is 9.76. The van der Waals surface area contributed by atoms with Gasteiger partial charge in [0.25, 0.3) is 0 Å². The van der Waals surface area contributed by atoms with Gasteiger partial charge in [-0.2, -0.15) is 0 Å². The van der Waals surface area contributed by atoms with E-state index >= 15 is 0 Å². The van der Waals surface area contributed by atoms with Crippen LogP contribution >= 0.6 is 0 Å². The summed E-state index contributed by atoms with van der Waals surface area (Å²) in [5.41, 5.74) is 0.461. The minimum atomic E-state index is 0.0712. The summed E-state index contributed by atoms with van der Waals surface area (Å²) in [6.07, 6.45) is 3.52. The van der Waals surface area contributed by atoms with E-state index in [0.29, 0.717) is 17.2 Å². The van der Waals surface area contributed by atoms with Gasteiger partial charge in [0, 0.05) is 6.54 Å². The summed E-state index contributed by atoms with van der Waals surface area (Å²) in [6, 6.07) is 0.0712. The lowest BCUT2D eigenvalue weighted by molar-refractivity contribution is -0.130. The highest BCUT2D eigenvalue weighted by Crippen LogP contribution is 2.52. The first-order valence-corrected chi connectivity index (χ1v) is 6.52. The molecule has 0 aromatic rings. The maximum Gasteiger partial charge on any atom is 0.241 e. The van der Waals surface area contributed by atoms with Crippen LogP contribution in [-0.2, 0) is 4.79 Å². The lowest BCUT2D eigenvalue weighted by Crippen LogP contribution is -2.36. The number of hydrogen-bond acceptors (Lipinski definition) is 2. The molecule has 0 radical (unpaired) electrons. The molecule has 2 aliphatic rings. The molecule has 3 nitrogen and oxygen atoms in total. The van der Waals surface area contributed by atoms with Crippen molar-refractivity contribution in [1.29, 1.82) is 0 Å². The van der Waals surface area contributed by atoms with Gasteiger partial charge in [-0.3, -0.25) is 10.1 Å². The molecule has 1 saturated heterocycles. The van der Waals surface area contributed by atoms with Gasteiger partial charge < -0.3 is 4.90 Å². The van der Waals surface area contributed by atoms with Gasteiger partial charge in [0.1, 0.15) is 0 Å². The molecular weight excluding hydrogens is 200 g/mol. The van der Waals surface area contributed by atoms with Crippen molar-refractivity contribution < 1.29 is 4.79 Å². The topological polar surface area (TPSA) is 32.3 Å². The first kappa shape index (κ1) is 11.9. The summed E-state index contributed by atoms with van der Waals surface area (Å²) < 4.78 is 0. The predicted molar refractivity (Wildman–Crippen MR) is 64.9 cm³/mol. The molecule has 92 valence electrons. The molecule has 1 aliphatic heterocycles. The van der Waals surface area contributed by atoms with Crippen LogP contribution in [0.3, 0.4) is 0 Å². The second-order valence-corrected chi connectivity index (χ2v) is 6.06. The van der Waals surface area contributed by atoms with Crippen molar-refractivity contribution in [1.82, 2.24) is 10.2 Å². The van der Waals surface area contributed by atoms with E-state index in [9.17, 15) is 4.79 Å². The molecule has 3 heteroatoms. The van der Waals surface area contributed by atoms with Crippen LogP contribution in [0, 0.1) is 11.3 Å². The van der Waals surface area contributed by atoms with E-state index in [1.807, 2.05) is 4.90 Å². The lowest BCUT2D eigenvalue weighted by atomic mass is 10.1. The van der Waals surface area contributed by atoms with Crippen LogP contribution in [0.1, 0.15) is 47.0 Å². The van der Waals surface area contributed by atoms with Crippen molar-refractivity contribution in [3.8, 4) is 0 Å². The zero-order valence-electron chi connectivity index (χ0n) is 10.9. The first-order chi connectivity index (χ1) is 7.45. The maximum absolute atomic E-state index is 12.1. The molecule has 1 N–H and O–H groups in total. The van der Waals surface area contributed by atoms with Gasteiger partial charge in [0.2, 0.25) is 5.91 Å². The SMILES string of the molecule is CCCC1NC(C)N(CC2CC2(C)C)C1=O. The number of hydrogen-bond donors (Lipinski definition) is 1. The number of nitrogens with one attached hydrogen (secondary N) is 1. The summed E-state index contributed by atoms with van der Waals surface area (Å²) in [5.74, 6) is 1.03. The minimum Gasteiger partial charge on any atom is -0.326 e. The van der Waals surface area contributed by atoms with E-state index in [0.717, 1.165) is 19.4 Å². The fourth-order valence-electron chi connectivity index (χ4n) is 2.71. The van der Waals surface area contributed by atoms with Crippen LogP contribution in [0.2, 0.25) is 0 Å². The molecule has 1 aliphatic carbocycles. The maximum atomic E-state index is 12.1. The quantitative estimate of drug-likeness (QED) is 0.792.